The molecule has 0 bridgehead atoms. The zero-order chi connectivity index (χ0) is 15.0. The van der Waals surface area contributed by atoms with Crippen molar-refractivity contribution in [2.45, 2.75) is 0 Å². The van der Waals surface area contributed by atoms with Crippen LogP contribution in [0.15, 0.2) is 51.9 Å². The third-order valence-corrected chi connectivity index (χ3v) is 3.22. The first kappa shape index (κ1) is 13.2. The second-order valence-electron chi connectivity index (χ2n) is 4.51. The van der Waals surface area contributed by atoms with E-state index in [1.807, 2.05) is 0 Å². The number of hydrogen-bond donors (Lipinski definition) is 1. The monoisotopic (exact) mass is 286 g/mol. The van der Waals surface area contributed by atoms with Gasteiger partial charge in [-0.2, -0.15) is 0 Å². The Bertz CT molecular complexity index is 883. The maximum absolute atomic E-state index is 13.7. The Kier molecular flexibility index (Phi) is 3.10. The van der Waals surface area contributed by atoms with Crippen molar-refractivity contribution in [3.63, 3.8) is 0 Å². The molecular weight excluding hydrogens is 275 g/mol. The molecule has 0 aliphatic heterocycles. The van der Waals surface area contributed by atoms with E-state index >= 15 is 0 Å². The minimum absolute atomic E-state index is 0.00823. The number of aromatic hydroxyl groups is 1. The maximum Gasteiger partial charge on any atom is 0.200 e. The van der Waals surface area contributed by atoms with Crippen LogP contribution in [0.2, 0.25) is 0 Å². The van der Waals surface area contributed by atoms with Gasteiger partial charge in [0.05, 0.1) is 18.1 Å². The minimum Gasteiger partial charge on any atom is -0.508 e. The van der Waals surface area contributed by atoms with E-state index in [1.54, 1.807) is 6.07 Å². The molecule has 0 unspecified atom stereocenters. The summed E-state index contributed by atoms with van der Waals surface area (Å²) < 4.78 is 23.9. The highest BCUT2D eigenvalue weighted by molar-refractivity contribution is 5.82. The van der Waals surface area contributed by atoms with E-state index in [1.165, 1.54) is 43.7 Å². The Morgan fingerprint density at radius 1 is 1.19 bits per heavy atom. The van der Waals surface area contributed by atoms with Gasteiger partial charge in [0, 0.05) is 6.07 Å². The standard InChI is InChI=1S/C16H11FO4/c1-20-14-5-2-9(6-13(14)17)12-8-21-15-7-10(18)3-4-11(15)16(12)19/h2-8,18H,1H3. The Hall–Kier alpha value is -2.82. The third kappa shape index (κ3) is 2.23. The molecule has 21 heavy (non-hydrogen) atoms. The summed E-state index contributed by atoms with van der Waals surface area (Å²) in [7, 11) is 1.37. The van der Waals surface area contributed by atoms with Crippen LogP contribution in [0.3, 0.4) is 0 Å². The first-order valence-electron chi connectivity index (χ1n) is 6.18. The molecule has 0 spiro atoms. The van der Waals surface area contributed by atoms with E-state index < -0.39 is 5.82 Å². The highest BCUT2D eigenvalue weighted by Crippen LogP contribution is 2.26. The van der Waals surface area contributed by atoms with Gasteiger partial charge in [0.15, 0.2) is 17.0 Å². The Balaban J connectivity index is 2.21. The molecular formula is C16H11FO4. The molecule has 5 heteroatoms. The number of phenols is 1. The molecule has 3 rings (SSSR count). The fourth-order valence-corrected chi connectivity index (χ4v) is 2.15. The van der Waals surface area contributed by atoms with Crippen LogP contribution in [-0.2, 0) is 0 Å². The summed E-state index contributed by atoms with van der Waals surface area (Å²) in [4.78, 5) is 12.4. The van der Waals surface area contributed by atoms with E-state index in [0.717, 1.165) is 0 Å². The normalized spacial score (nSPS) is 10.8. The number of fused-ring (bicyclic) bond motifs is 1. The number of phenolic OH excluding ortho intramolecular Hbond substituents is 1. The first-order chi connectivity index (χ1) is 10.1. The van der Waals surface area contributed by atoms with Crippen LogP contribution in [0.4, 0.5) is 4.39 Å². The van der Waals surface area contributed by atoms with Crippen LogP contribution in [0, 0.1) is 5.82 Å². The topological polar surface area (TPSA) is 59.7 Å². The van der Waals surface area contributed by atoms with Gasteiger partial charge >= 0.3 is 0 Å². The fourth-order valence-electron chi connectivity index (χ4n) is 2.15. The van der Waals surface area contributed by atoms with Crippen molar-refractivity contribution >= 4 is 11.0 Å². The lowest BCUT2D eigenvalue weighted by atomic mass is 10.1. The second-order valence-corrected chi connectivity index (χ2v) is 4.51. The molecule has 0 amide bonds. The molecule has 4 nitrogen and oxygen atoms in total. The minimum atomic E-state index is -0.555. The number of hydrogen-bond acceptors (Lipinski definition) is 4. The van der Waals surface area contributed by atoms with Gasteiger partial charge in [0.1, 0.15) is 17.6 Å². The smallest absolute Gasteiger partial charge is 0.200 e. The summed E-state index contributed by atoms with van der Waals surface area (Å²) in [5.74, 6) is -0.442. The quantitative estimate of drug-likeness (QED) is 0.785. The maximum atomic E-state index is 13.7. The predicted octanol–water partition coefficient (Wildman–Crippen LogP) is 3.31. The molecule has 0 radical (unpaired) electrons. The average Bonchev–Trinajstić information content (AvgIpc) is 2.47. The summed E-state index contributed by atoms with van der Waals surface area (Å²) in [5, 5.41) is 9.70. The highest BCUT2D eigenvalue weighted by atomic mass is 19.1. The van der Waals surface area contributed by atoms with E-state index in [4.69, 9.17) is 9.15 Å². The third-order valence-electron chi connectivity index (χ3n) is 3.22. The van der Waals surface area contributed by atoms with Crippen molar-refractivity contribution in [3.8, 4) is 22.6 Å². The van der Waals surface area contributed by atoms with E-state index in [2.05, 4.69) is 0 Å². The summed E-state index contributed by atoms with van der Waals surface area (Å²) in [6, 6.07) is 8.48. The number of ether oxygens (including phenoxy) is 1. The first-order valence-corrected chi connectivity index (χ1v) is 6.18. The molecule has 0 aliphatic rings. The summed E-state index contributed by atoms with van der Waals surface area (Å²) >= 11 is 0. The molecule has 0 saturated carbocycles. The van der Waals surface area contributed by atoms with Crippen molar-refractivity contribution in [2.24, 2.45) is 0 Å². The summed E-state index contributed by atoms with van der Waals surface area (Å²) in [6.07, 6.45) is 1.26. The van der Waals surface area contributed by atoms with Crippen LogP contribution < -0.4 is 10.2 Å². The van der Waals surface area contributed by atoms with Gasteiger partial charge in [-0.1, -0.05) is 6.07 Å². The molecule has 0 saturated heterocycles. The average molecular weight is 286 g/mol. The van der Waals surface area contributed by atoms with Crippen LogP contribution in [0.1, 0.15) is 0 Å². The molecule has 0 fully saturated rings. The zero-order valence-electron chi connectivity index (χ0n) is 11.1. The van der Waals surface area contributed by atoms with Crippen molar-refractivity contribution in [3.05, 3.63) is 58.7 Å². The molecule has 106 valence electrons. The van der Waals surface area contributed by atoms with Gasteiger partial charge in [-0.25, -0.2) is 4.39 Å². The summed E-state index contributed by atoms with van der Waals surface area (Å²) in [5.41, 5.74) is 0.630. The van der Waals surface area contributed by atoms with E-state index in [9.17, 15) is 14.3 Å². The SMILES string of the molecule is COc1ccc(-c2coc3cc(O)ccc3c2=O)cc1F. The largest absolute Gasteiger partial charge is 0.508 e. The van der Waals surface area contributed by atoms with Crippen molar-refractivity contribution in [2.75, 3.05) is 7.11 Å². The predicted molar refractivity (Wildman–Crippen MR) is 76.1 cm³/mol. The van der Waals surface area contributed by atoms with Gasteiger partial charge in [-0.05, 0) is 29.8 Å². The molecule has 1 aromatic heterocycles. The molecule has 2 aromatic carbocycles. The zero-order valence-corrected chi connectivity index (χ0v) is 11.1. The summed E-state index contributed by atoms with van der Waals surface area (Å²) in [6.45, 7) is 0. The lowest BCUT2D eigenvalue weighted by molar-refractivity contribution is 0.386. The second kappa shape index (κ2) is 4.94. The van der Waals surface area contributed by atoms with Gasteiger partial charge in [-0.15, -0.1) is 0 Å². The molecule has 0 atom stereocenters. The van der Waals surface area contributed by atoms with E-state index in [-0.39, 0.29) is 28.1 Å². The van der Waals surface area contributed by atoms with Crippen LogP contribution >= 0.6 is 0 Å². The fraction of sp³-hybridized carbons (Fsp3) is 0.0625. The Morgan fingerprint density at radius 3 is 2.71 bits per heavy atom. The molecule has 1 N–H and O–H groups in total. The van der Waals surface area contributed by atoms with Crippen LogP contribution in [-0.4, -0.2) is 12.2 Å². The lowest BCUT2D eigenvalue weighted by Gasteiger charge is -2.06. The molecule has 3 aromatic rings. The Morgan fingerprint density at radius 2 is 2.00 bits per heavy atom. The van der Waals surface area contributed by atoms with Crippen LogP contribution in [0.5, 0.6) is 11.5 Å². The van der Waals surface area contributed by atoms with Gasteiger partial charge in [0.2, 0.25) is 0 Å². The molecule has 1 heterocycles. The van der Waals surface area contributed by atoms with Crippen molar-refractivity contribution in [1.29, 1.82) is 0 Å². The van der Waals surface area contributed by atoms with Gasteiger partial charge < -0.3 is 14.3 Å². The molecule has 0 aliphatic carbocycles. The number of benzene rings is 2. The van der Waals surface area contributed by atoms with Gasteiger partial charge in [0.25, 0.3) is 0 Å². The number of halogens is 1. The van der Waals surface area contributed by atoms with Crippen molar-refractivity contribution < 1.29 is 18.7 Å². The Labute approximate surface area is 119 Å². The van der Waals surface area contributed by atoms with E-state index in [0.29, 0.717) is 10.9 Å². The van der Waals surface area contributed by atoms with Crippen LogP contribution in [0.25, 0.3) is 22.1 Å². The van der Waals surface area contributed by atoms with Gasteiger partial charge in [-0.3, -0.25) is 4.79 Å². The van der Waals surface area contributed by atoms with Crippen molar-refractivity contribution in [1.82, 2.24) is 0 Å². The number of methoxy groups -OCH3 is 1. The lowest BCUT2D eigenvalue weighted by Crippen LogP contribution is -2.04. The highest BCUT2D eigenvalue weighted by Gasteiger charge is 2.12. The number of rotatable bonds is 2.